The number of ether oxygens (including phenoxy) is 1. The van der Waals surface area contributed by atoms with Gasteiger partial charge >= 0.3 is 0 Å². The second kappa shape index (κ2) is 8.14. The SMILES string of the molecule is CC(CCBr)CCOc1ccc(CC#N)cc1. The van der Waals surface area contributed by atoms with Crippen LogP contribution in [0.2, 0.25) is 0 Å². The summed E-state index contributed by atoms with van der Waals surface area (Å²) in [6, 6.07) is 9.88. The molecule has 3 heteroatoms. The number of nitriles is 1. The molecule has 1 atom stereocenters. The molecule has 0 spiro atoms. The third-order valence-electron chi connectivity index (χ3n) is 2.69. The molecule has 0 aliphatic rings. The van der Waals surface area contributed by atoms with Crippen molar-refractivity contribution in [2.45, 2.75) is 26.2 Å². The molecule has 0 aromatic heterocycles. The number of hydrogen-bond acceptors (Lipinski definition) is 2. The van der Waals surface area contributed by atoms with Crippen molar-refractivity contribution >= 4 is 15.9 Å². The van der Waals surface area contributed by atoms with E-state index in [0.717, 1.165) is 29.7 Å². The molecule has 0 N–H and O–H groups in total. The summed E-state index contributed by atoms with van der Waals surface area (Å²) < 4.78 is 5.66. The highest BCUT2D eigenvalue weighted by Gasteiger charge is 2.01. The van der Waals surface area contributed by atoms with Crippen molar-refractivity contribution in [1.29, 1.82) is 5.26 Å². The first-order valence-electron chi connectivity index (χ1n) is 5.91. The van der Waals surface area contributed by atoms with Gasteiger partial charge in [0.25, 0.3) is 0 Å². The predicted octanol–water partition coefficient (Wildman–Crippen LogP) is 3.94. The van der Waals surface area contributed by atoms with Crippen molar-refractivity contribution in [1.82, 2.24) is 0 Å². The van der Waals surface area contributed by atoms with Gasteiger partial charge in [0.05, 0.1) is 19.1 Å². The molecule has 1 aromatic carbocycles. The van der Waals surface area contributed by atoms with Crippen LogP contribution in [0.5, 0.6) is 5.75 Å². The number of hydrogen-bond donors (Lipinski definition) is 0. The zero-order chi connectivity index (χ0) is 12.5. The quantitative estimate of drug-likeness (QED) is 0.714. The second-order valence-electron chi connectivity index (χ2n) is 4.20. The van der Waals surface area contributed by atoms with E-state index in [1.807, 2.05) is 24.3 Å². The van der Waals surface area contributed by atoms with Crippen LogP contribution in [0, 0.1) is 17.2 Å². The summed E-state index contributed by atoms with van der Waals surface area (Å²) in [5.41, 5.74) is 1.03. The zero-order valence-electron chi connectivity index (χ0n) is 10.2. The number of rotatable bonds is 7. The van der Waals surface area contributed by atoms with Crippen LogP contribution in [0.3, 0.4) is 0 Å². The molecule has 1 unspecified atom stereocenters. The Hall–Kier alpha value is -1.01. The first-order valence-corrected chi connectivity index (χ1v) is 7.03. The van der Waals surface area contributed by atoms with Gasteiger partial charge in [0.15, 0.2) is 0 Å². The normalized spacial score (nSPS) is 11.8. The molecule has 1 rings (SSSR count). The van der Waals surface area contributed by atoms with E-state index in [1.165, 1.54) is 6.42 Å². The smallest absolute Gasteiger partial charge is 0.119 e. The number of alkyl halides is 1. The van der Waals surface area contributed by atoms with Gasteiger partial charge in [-0.3, -0.25) is 0 Å². The number of benzene rings is 1. The summed E-state index contributed by atoms with van der Waals surface area (Å²) in [6.07, 6.45) is 2.72. The monoisotopic (exact) mass is 295 g/mol. The maximum atomic E-state index is 8.56. The van der Waals surface area contributed by atoms with E-state index < -0.39 is 0 Å². The van der Waals surface area contributed by atoms with Crippen LogP contribution in [0.4, 0.5) is 0 Å². The van der Waals surface area contributed by atoms with E-state index in [0.29, 0.717) is 12.3 Å². The molecule has 0 fully saturated rings. The van der Waals surface area contributed by atoms with Gasteiger partial charge in [-0.05, 0) is 36.5 Å². The maximum absolute atomic E-state index is 8.56. The van der Waals surface area contributed by atoms with Gasteiger partial charge < -0.3 is 4.74 Å². The summed E-state index contributed by atoms with van der Waals surface area (Å²) in [7, 11) is 0. The van der Waals surface area contributed by atoms with Crippen LogP contribution in [0.1, 0.15) is 25.3 Å². The summed E-state index contributed by atoms with van der Waals surface area (Å²) in [6.45, 7) is 2.99. The van der Waals surface area contributed by atoms with Crippen LogP contribution < -0.4 is 4.74 Å². The first kappa shape index (κ1) is 14.1. The Morgan fingerprint density at radius 1 is 1.29 bits per heavy atom. The third-order valence-corrected chi connectivity index (χ3v) is 3.15. The lowest BCUT2D eigenvalue weighted by Crippen LogP contribution is -2.04. The van der Waals surface area contributed by atoms with Crippen molar-refractivity contribution in [2.75, 3.05) is 11.9 Å². The Balaban J connectivity index is 2.30. The van der Waals surface area contributed by atoms with Crippen molar-refractivity contribution in [3.8, 4) is 11.8 Å². The molecule has 2 nitrogen and oxygen atoms in total. The van der Waals surface area contributed by atoms with E-state index in [9.17, 15) is 0 Å². The highest BCUT2D eigenvalue weighted by Crippen LogP contribution is 2.15. The molecule has 1 aromatic rings. The van der Waals surface area contributed by atoms with Gasteiger partial charge in [0.1, 0.15) is 5.75 Å². The molecule has 0 radical (unpaired) electrons. The lowest BCUT2D eigenvalue weighted by atomic mass is 10.1. The molecule has 92 valence electrons. The summed E-state index contributed by atoms with van der Waals surface area (Å²) >= 11 is 3.44. The third kappa shape index (κ3) is 5.74. The van der Waals surface area contributed by atoms with E-state index >= 15 is 0 Å². The van der Waals surface area contributed by atoms with Gasteiger partial charge in [0, 0.05) is 5.33 Å². The minimum atomic E-state index is 0.461. The molecule has 0 bridgehead atoms. The van der Waals surface area contributed by atoms with Crippen LogP contribution in [-0.2, 0) is 6.42 Å². The highest BCUT2D eigenvalue weighted by molar-refractivity contribution is 9.09. The Morgan fingerprint density at radius 2 is 2.00 bits per heavy atom. The Labute approximate surface area is 112 Å². The standard InChI is InChI=1S/C14H18BrNO/c1-12(6-9-15)8-11-17-14-4-2-13(3-5-14)7-10-16/h2-5,12H,6-9,11H2,1H3. The molecule has 17 heavy (non-hydrogen) atoms. The first-order chi connectivity index (χ1) is 8.26. The predicted molar refractivity (Wildman–Crippen MR) is 73.4 cm³/mol. The van der Waals surface area contributed by atoms with Gasteiger partial charge in [-0.2, -0.15) is 5.26 Å². The summed E-state index contributed by atoms with van der Waals surface area (Å²) in [4.78, 5) is 0. The Bertz CT molecular complexity index is 355. The lowest BCUT2D eigenvalue weighted by Gasteiger charge is -2.11. The van der Waals surface area contributed by atoms with Crippen LogP contribution in [0.15, 0.2) is 24.3 Å². The van der Waals surface area contributed by atoms with Crippen LogP contribution >= 0.6 is 15.9 Å². The molecule has 0 saturated carbocycles. The van der Waals surface area contributed by atoms with Gasteiger partial charge in [-0.15, -0.1) is 0 Å². The fourth-order valence-corrected chi connectivity index (χ4v) is 2.28. The van der Waals surface area contributed by atoms with Crippen molar-refractivity contribution in [3.63, 3.8) is 0 Å². The lowest BCUT2D eigenvalue weighted by molar-refractivity contribution is 0.282. The fraction of sp³-hybridized carbons (Fsp3) is 0.500. The average Bonchev–Trinajstić information content (AvgIpc) is 2.32. The van der Waals surface area contributed by atoms with E-state index in [-0.39, 0.29) is 0 Å². The largest absolute Gasteiger partial charge is 0.494 e. The minimum Gasteiger partial charge on any atom is -0.494 e. The summed E-state index contributed by atoms with van der Waals surface area (Å²) in [5, 5.41) is 9.61. The molecular weight excluding hydrogens is 278 g/mol. The maximum Gasteiger partial charge on any atom is 0.119 e. The van der Waals surface area contributed by atoms with E-state index in [1.54, 1.807) is 0 Å². The molecular formula is C14H18BrNO. The number of nitrogens with zero attached hydrogens (tertiary/aromatic N) is 1. The zero-order valence-corrected chi connectivity index (χ0v) is 11.7. The Kier molecular flexibility index (Phi) is 6.73. The molecule has 0 aliphatic carbocycles. The fourth-order valence-electron chi connectivity index (χ4n) is 1.50. The van der Waals surface area contributed by atoms with E-state index in [4.69, 9.17) is 10.00 Å². The topological polar surface area (TPSA) is 33.0 Å². The van der Waals surface area contributed by atoms with Crippen molar-refractivity contribution < 1.29 is 4.74 Å². The molecule has 0 aliphatic heterocycles. The second-order valence-corrected chi connectivity index (χ2v) is 4.99. The highest BCUT2D eigenvalue weighted by atomic mass is 79.9. The average molecular weight is 296 g/mol. The molecule has 0 heterocycles. The van der Waals surface area contributed by atoms with Crippen molar-refractivity contribution in [3.05, 3.63) is 29.8 Å². The van der Waals surface area contributed by atoms with Gasteiger partial charge in [-0.1, -0.05) is 35.0 Å². The number of halogens is 1. The summed E-state index contributed by atoms with van der Waals surface area (Å²) in [5.74, 6) is 1.57. The van der Waals surface area contributed by atoms with Gasteiger partial charge in [0.2, 0.25) is 0 Å². The van der Waals surface area contributed by atoms with Gasteiger partial charge in [-0.25, -0.2) is 0 Å². The van der Waals surface area contributed by atoms with Crippen LogP contribution in [-0.4, -0.2) is 11.9 Å². The molecule has 0 saturated heterocycles. The van der Waals surface area contributed by atoms with Crippen LogP contribution in [0.25, 0.3) is 0 Å². The van der Waals surface area contributed by atoms with E-state index in [2.05, 4.69) is 28.9 Å². The molecule has 0 amide bonds. The Morgan fingerprint density at radius 3 is 2.59 bits per heavy atom. The van der Waals surface area contributed by atoms with Crippen molar-refractivity contribution in [2.24, 2.45) is 5.92 Å². The minimum absolute atomic E-state index is 0.461.